The molecule has 3 aromatic rings. The summed E-state index contributed by atoms with van der Waals surface area (Å²) >= 11 is 0. The number of hydrogen-bond acceptors (Lipinski definition) is 2. The fourth-order valence-corrected chi connectivity index (χ4v) is 4.05. The predicted molar refractivity (Wildman–Crippen MR) is 130 cm³/mol. The summed E-state index contributed by atoms with van der Waals surface area (Å²) in [5, 5.41) is 4.73. The summed E-state index contributed by atoms with van der Waals surface area (Å²) in [4.78, 5) is 0. The molecule has 0 fully saturated rings. The lowest BCUT2D eigenvalue weighted by Crippen LogP contribution is -2.03. The first-order chi connectivity index (χ1) is 14.7. The van der Waals surface area contributed by atoms with Gasteiger partial charge in [-0.2, -0.15) is 0 Å². The monoisotopic (exact) mass is 406 g/mol. The standard InChI is InChI=1S/C28H38O2/c1-5-9-11-17-29-27-23-15-13-22(8-4)20-26(23)28(30-18-12-10-6-2)24-16-14-21(7-3)19-25(24)27/h13-16,19-20H,5-12,17-18H2,1-4H3. The summed E-state index contributed by atoms with van der Waals surface area (Å²) in [5.41, 5.74) is 2.67. The summed E-state index contributed by atoms with van der Waals surface area (Å²) < 4.78 is 12.9. The number of fused-ring (bicyclic) bond motifs is 2. The van der Waals surface area contributed by atoms with E-state index < -0.39 is 0 Å². The lowest BCUT2D eigenvalue weighted by molar-refractivity contribution is 0.308. The molecule has 0 saturated heterocycles. The van der Waals surface area contributed by atoms with Crippen molar-refractivity contribution in [1.82, 2.24) is 0 Å². The fourth-order valence-electron chi connectivity index (χ4n) is 4.05. The van der Waals surface area contributed by atoms with Gasteiger partial charge in [0.05, 0.1) is 13.2 Å². The third-order valence-electron chi connectivity index (χ3n) is 5.95. The Morgan fingerprint density at radius 3 is 1.33 bits per heavy atom. The molecule has 0 atom stereocenters. The Kier molecular flexibility index (Phi) is 8.42. The van der Waals surface area contributed by atoms with E-state index in [1.54, 1.807) is 0 Å². The second-order valence-electron chi connectivity index (χ2n) is 8.24. The van der Waals surface area contributed by atoms with Crippen LogP contribution in [0.1, 0.15) is 77.3 Å². The van der Waals surface area contributed by atoms with Gasteiger partial charge in [0.25, 0.3) is 0 Å². The lowest BCUT2D eigenvalue weighted by atomic mass is 9.96. The van der Waals surface area contributed by atoms with Crippen LogP contribution in [-0.2, 0) is 12.8 Å². The van der Waals surface area contributed by atoms with Gasteiger partial charge in [-0.3, -0.25) is 0 Å². The SMILES string of the molecule is CCCCCOc1c2ccc(CC)cc2c(OCCCCC)c2ccc(CC)cc12. The van der Waals surface area contributed by atoms with Crippen LogP contribution < -0.4 is 9.47 Å². The first kappa shape index (κ1) is 22.5. The Morgan fingerprint density at radius 2 is 0.967 bits per heavy atom. The van der Waals surface area contributed by atoms with Crippen molar-refractivity contribution in [2.45, 2.75) is 79.1 Å². The van der Waals surface area contributed by atoms with Crippen molar-refractivity contribution in [3.8, 4) is 11.5 Å². The number of unbranched alkanes of at least 4 members (excludes halogenated alkanes) is 4. The van der Waals surface area contributed by atoms with Gasteiger partial charge in [0.15, 0.2) is 0 Å². The van der Waals surface area contributed by atoms with Gasteiger partial charge in [0.2, 0.25) is 0 Å². The Labute approximate surface area is 182 Å². The first-order valence-electron chi connectivity index (χ1n) is 12.0. The van der Waals surface area contributed by atoms with E-state index in [2.05, 4.69) is 64.1 Å². The molecule has 0 radical (unpaired) electrons. The molecule has 0 amide bonds. The predicted octanol–water partition coefficient (Wildman–Crippen LogP) is 8.26. The molecule has 3 aromatic carbocycles. The van der Waals surface area contributed by atoms with Gasteiger partial charge in [-0.1, -0.05) is 77.6 Å². The number of hydrogen-bond donors (Lipinski definition) is 0. The van der Waals surface area contributed by atoms with Crippen molar-refractivity contribution >= 4 is 21.5 Å². The van der Waals surface area contributed by atoms with Crippen LogP contribution in [0.4, 0.5) is 0 Å². The largest absolute Gasteiger partial charge is 0.492 e. The zero-order valence-corrected chi connectivity index (χ0v) is 19.4. The van der Waals surface area contributed by atoms with Crippen molar-refractivity contribution in [3.63, 3.8) is 0 Å². The minimum atomic E-state index is 0.765. The molecule has 0 saturated carbocycles. The van der Waals surface area contributed by atoms with Crippen LogP contribution >= 0.6 is 0 Å². The lowest BCUT2D eigenvalue weighted by Gasteiger charge is -2.19. The molecule has 3 rings (SSSR count). The molecule has 162 valence electrons. The Bertz CT molecular complexity index is 878. The van der Waals surface area contributed by atoms with E-state index >= 15 is 0 Å². The normalized spacial score (nSPS) is 11.3. The highest BCUT2D eigenvalue weighted by Gasteiger charge is 2.17. The topological polar surface area (TPSA) is 18.5 Å². The number of ether oxygens (including phenoxy) is 2. The molecule has 0 aliphatic rings. The Morgan fingerprint density at radius 1 is 0.533 bits per heavy atom. The highest BCUT2D eigenvalue weighted by molar-refractivity contribution is 6.11. The van der Waals surface area contributed by atoms with Crippen LogP contribution in [-0.4, -0.2) is 13.2 Å². The highest BCUT2D eigenvalue weighted by atomic mass is 16.5. The highest BCUT2D eigenvalue weighted by Crippen LogP contribution is 2.44. The van der Waals surface area contributed by atoms with Crippen molar-refractivity contribution in [1.29, 1.82) is 0 Å². The molecular formula is C28H38O2. The molecular weight excluding hydrogens is 368 g/mol. The second-order valence-corrected chi connectivity index (χ2v) is 8.24. The molecule has 0 bridgehead atoms. The first-order valence-corrected chi connectivity index (χ1v) is 12.0. The number of rotatable bonds is 12. The van der Waals surface area contributed by atoms with E-state index in [0.717, 1.165) is 50.4 Å². The van der Waals surface area contributed by atoms with Crippen molar-refractivity contribution in [2.75, 3.05) is 13.2 Å². The second kappa shape index (κ2) is 11.2. The maximum atomic E-state index is 6.45. The molecule has 0 unspecified atom stereocenters. The minimum Gasteiger partial charge on any atom is -0.492 e. The Hall–Kier alpha value is -2.22. The molecule has 0 spiro atoms. The maximum absolute atomic E-state index is 6.45. The molecule has 30 heavy (non-hydrogen) atoms. The minimum absolute atomic E-state index is 0.765. The number of aryl methyl sites for hydroxylation is 2. The van der Waals surface area contributed by atoms with Crippen molar-refractivity contribution < 1.29 is 9.47 Å². The molecule has 0 aliphatic heterocycles. The third-order valence-corrected chi connectivity index (χ3v) is 5.95. The molecule has 2 heteroatoms. The third kappa shape index (κ3) is 5.09. The molecule has 0 N–H and O–H groups in total. The van der Waals surface area contributed by atoms with E-state index in [0.29, 0.717) is 0 Å². The summed E-state index contributed by atoms with van der Waals surface area (Å²) in [6.45, 7) is 10.4. The smallest absolute Gasteiger partial charge is 0.135 e. The average molecular weight is 407 g/mol. The molecule has 2 nitrogen and oxygen atoms in total. The summed E-state index contributed by atoms with van der Waals surface area (Å²) in [6, 6.07) is 13.5. The van der Waals surface area contributed by atoms with E-state index in [1.165, 1.54) is 58.4 Å². The molecule has 0 heterocycles. The van der Waals surface area contributed by atoms with Gasteiger partial charge in [-0.25, -0.2) is 0 Å². The van der Waals surface area contributed by atoms with Gasteiger partial charge < -0.3 is 9.47 Å². The molecule has 0 aliphatic carbocycles. The summed E-state index contributed by atoms with van der Waals surface area (Å²) in [7, 11) is 0. The van der Waals surface area contributed by atoms with Crippen LogP contribution in [0.3, 0.4) is 0 Å². The zero-order chi connectivity index (χ0) is 21.3. The van der Waals surface area contributed by atoms with Gasteiger partial charge in [0, 0.05) is 21.5 Å². The van der Waals surface area contributed by atoms with Gasteiger partial charge in [0.1, 0.15) is 11.5 Å². The number of benzene rings is 3. The molecule has 0 aromatic heterocycles. The van der Waals surface area contributed by atoms with Gasteiger partial charge in [-0.15, -0.1) is 0 Å². The van der Waals surface area contributed by atoms with E-state index in [4.69, 9.17) is 9.47 Å². The maximum Gasteiger partial charge on any atom is 0.135 e. The van der Waals surface area contributed by atoms with E-state index in [9.17, 15) is 0 Å². The fraction of sp³-hybridized carbons (Fsp3) is 0.500. The van der Waals surface area contributed by atoms with Gasteiger partial charge >= 0.3 is 0 Å². The summed E-state index contributed by atoms with van der Waals surface area (Å²) in [6.07, 6.45) is 9.04. The van der Waals surface area contributed by atoms with E-state index in [-0.39, 0.29) is 0 Å². The van der Waals surface area contributed by atoms with Crippen LogP contribution in [0, 0.1) is 0 Å². The zero-order valence-electron chi connectivity index (χ0n) is 19.4. The van der Waals surface area contributed by atoms with Crippen molar-refractivity contribution in [3.05, 3.63) is 47.5 Å². The van der Waals surface area contributed by atoms with Crippen LogP contribution in [0.5, 0.6) is 11.5 Å². The van der Waals surface area contributed by atoms with Crippen molar-refractivity contribution in [2.24, 2.45) is 0 Å². The average Bonchev–Trinajstić information content (AvgIpc) is 2.79. The van der Waals surface area contributed by atoms with Crippen LogP contribution in [0.15, 0.2) is 36.4 Å². The van der Waals surface area contributed by atoms with Crippen LogP contribution in [0.2, 0.25) is 0 Å². The van der Waals surface area contributed by atoms with Crippen LogP contribution in [0.25, 0.3) is 21.5 Å². The summed E-state index contributed by atoms with van der Waals surface area (Å²) in [5.74, 6) is 2.05. The Balaban J connectivity index is 2.17. The van der Waals surface area contributed by atoms with Gasteiger partial charge in [-0.05, 0) is 48.9 Å². The quantitative estimate of drug-likeness (QED) is 0.223. The van der Waals surface area contributed by atoms with E-state index in [1.807, 2.05) is 0 Å².